The molecule has 0 spiro atoms. The molecule has 1 atom stereocenters. The number of rotatable bonds is 3. The highest BCUT2D eigenvalue weighted by Gasteiger charge is 2.33. The summed E-state index contributed by atoms with van der Waals surface area (Å²) >= 11 is 0. The molecule has 0 radical (unpaired) electrons. The summed E-state index contributed by atoms with van der Waals surface area (Å²) < 4.78 is 45.3. The zero-order valence-corrected chi connectivity index (χ0v) is 16.6. The highest BCUT2D eigenvalue weighted by atomic mass is 19.4. The van der Waals surface area contributed by atoms with Crippen molar-refractivity contribution >= 4 is 22.8 Å². The third-order valence-electron chi connectivity index (χ3n) is 5.15. The lowest BCUT2D eigenvalue weighted by atomic mass is 10.1. The van der Waals surface area contributed by atoms with Crippen LogP contribution in [0.4, 0.5) is 23.8 Å². The topological polar surface area (TPSA) is 110 Å². The molecule has 1 aliphatic rings. The number of hydrogen-bond acceptors (Lipinski definition) is 6. The fourth-order valence-corrected chi connectivity index (χ4v) is 3.60. The fourth-order valence-electron chi connectivity index (χ4n) is 3.60. The highest BCUT2D eigenvalue weighted by molar-refractivity contribution is 5.98. The lowest BCUT2D eigenvalue weighted by molar-refractivity contribution is -0.141. The minimum Gasteiger partial charge on any atom is -0.439 e. The van der Waals surface area contributed by atoms with Gasteiger partial charge in [0, 0.05) is 34.5 Å². The third kappa shape index (κ3) is 3.54. The zero-order chi connectivity index (χ0) is 22.5. The number of anilines is 1. The predicted molar refractivity (Wildman–Crippen MR) is 114 cm³/mol. The van der Waals surface area contributed by atoms with Gasteiger partial charge >= 0.3 is 12.2 Å². The van der Waals surface area contributed by atoms with E-state index in [1.54, 1.807) is 24.3 Å². The lowest BCUT2D eigenvalue weighted by Crippen LogP contribution is -2.18. The van der Waals surface area contributed by atoms with Crippen LogP contribution in [0.3, 0.4) is 0 Å². The summed E-state index contributed by atoms with van der Waals surface area (Å²) in [6.45, 7) is 2.65. The van der Waals surface area contributed by atoms with E-state index in [2.05, 4.69) is 25.7 Å². The van der Waals surface area contributed by atoms with Gasteiger partial charge in [0.15, 0.2) is 5.82 Å². The van der Waals surface area contributed by atoms with Crippen LogP contribution in [0.5, 0.6) is 11.6 Å². The predicted octanol–water partition coefficient (Wildman–Crippen LogP) is 4.95. The van der Waals surface area contributed by atoms with Crippen LogP contribution in [0.15, 0.2) is 42.9 Å². The van der Waals surface area contributed by atoms with Crippen LogP contribution in [0, 0.1) is 0 Å². The van der Waals surface area contributed by atoms with Crippen LogP contribution in [-0.4, -0.2) is 30.8 Å². The van der Waals surface area contributed by atoms with Crippen LogP contribution < -0.4 is 15.4 Å². The van der Waals surface area contributed by atoms with Gasteiger partial charge in [-0.05, 0) is 31.2 Å². The van der Waals surface area contributed by atoms with Crippen molar-refractivity contribution < 1.29 is 27.0 Å². The molecule has 0 bridgehead atoms. The van der Waals surface area contributed by atoms with Gasteiger partial charge in [-0.3, -0.25) is 15.0 Å². The molecule has 0 saturated heterocycles. The monoisotopic (exact) mass is 449 g/mol. The molecular formula is C20H22F3N7O2. The molecular weight excluding hydrogens is 427 g/mol. The van der Waals surface area contributed by atoms with E-state index in [0.717, 1.165) is 17.3 Å². The molecule has 1 aliphatic heterocycles. The van der Waals surface area contributed by atoms with E-state index in [-0.39, 0.29) is 16.1 Å². The van der Waals surface area contributed by atoms with E-state index in [4.69, 9.17) is 4.74 Å². The maximum absolute atomic E-state index is 12.7. The Bertz CT molecular complexity index is 1340. The van der Waals surface area contributed by atoms with Gasteiger partial charge < -0.3 is 10.1 Å². The molecule has 1 unspecified atom stereocenters. The Morgan fingerprint density at radius 1 is 1.28 bits per heavy atom. The summed E-state index contributed by atoms with van der Waals surface area (Å²) in [5.74, 6) is 0.755. The van der Waals surface area contributed by atoms with Crippen molar-refractivity contribution in [3.63, 3.8) is 0 Å². The van der Waals surface area contributed by atoms with Crippen LogP contribution in [0.25, 0.3) is 10.9 Å². The standard InChI is InChI=1S/C20H16F3N7O2.3H2/c1-10-17-13(8-24-10)25-9-26-18(17)32-12-2-3-14-11(6-12)4-5-30(14)19(31)27-16-7-15(28-29-16)20(21,22)23;;;/h2-7,9-10,24H,8H2,1H3,(H2,27,28,29,31);3*1H. The Labute approximate surface area is 183 Å². The van der Waals surface area contributed by atoms with Crippen LogP contribution in [0.2, 0.25) is 0 Å². The van der Waals surface area contributed by atoms with Gasteiger partial charge in [-0.2, -0.15) is 18.3 Å². The number of aromatic nitrogens is 5. The molecule has 5 rings (SSSR count). The molecule has 4 heterocycles. The summed E-state index contributed by atoms with van der Waals surface area (Å²) in [5.41, 5.74) is 1.29. The highest BCUT2D eigenvalue weighted by Crippen LogP contribution is 2.34. The summed E-state index contributed by atoms with van der Waals surface area (Å²) in [5, 5.41) is 11.7. The second-order valence-electron chi connectivity index (χ2n) is 7.24. The summed E-state index contributed by atoms with van der Waals surface area (Å²) in [4.78, 5) is 21.1. The van der Waals surface area contributed by atoms with Gasteiger partial charge in [-0.1, -0.05) is 0 Å². The van der Waals surface area contributed by atoms with E-state index < -0.39 is 17.9 Å². The van der Waals surface area contributed by atoms with Gasteiger partial charge in [0.05, 0.1) is 16.8 Å². The van der Waals surface area contributed by atoms with Crippen molar-refractivity contribution in [2.45, 2.75) is 25.7 Å². The van der Waals surface area contributed by atoms with Crippen molar-refractivity contribution in [2.75, 3.05) is 5.32 Å². The van der Waals surface area contributed by atoms with Crippen LogP contribution >= 0.6 is 0 Å². The molecule has 170 valence electrons. The Kier molecular flexibility index (Phi) is 4.59. The maximum Gasteiger partial charge on any atom is 0.432 e. The molecule has 9 nitrogen and oxygen atoms in total. The fraction of sp³-hybridized carbons (Fsp3) is 0.200. The number of nitrogens with one attached hydrogen (secondary N) is 3. The number of fused-ring (bicyclic) bond motifs is 2. The Morgan fingerprint density at radius 2 is 2.12 bits per heavy atom. The van der Waals surface area contributed by atoms with Crippen LogP contribution in [-0.2, 0) is 12.7 Å². The number of hydrogen-bond donors (Lipinski definition) is 3. The number of nitrogens with zero attached hydrogens (tertiary/aromatic N) is 4. The number of H-pyrrole nitrogens is 1. The number of alkyl halides is 3. The molecule has 12 heteroatoms. The second kappa shape index (κ2) is 7.34. The molecule has 4 aromatic rings. The number of carbonyl (C=O) groups is 1. The van der Waals surface area contributed by atoms with E-state index in [1.807, 2.05) is 12.0 Å². The van der Waals surface area contributed by atoms with Gasteiger partial charge in [0.25, 0.3) is 0 Å². The average molecular weight is 449 g/mol. The quantitative estimate of drug-likeness (QED) is 0.408. The molecule has 1 amide bonds. The molecule has 0 saturated carbocycles. The van der Waals surface area contributed by atoms with E-state index in [1.165, 1.54) is 17.1 Å². The zero-order valence-electron chi connectivity index (χ0n) is 16.6. The Hall–Kier alpha value is -3.93. The number of benzene rings is 1. The van der Waals surface area contributed by atoms with Crippen LogP contribution in [0.1, 0.15) is 34.2 Å². The minimum absolute atomic E-state index is 0. The first-order valence-corrected chi connectivity index (χ1v) is 9.59. The second-order valence-corrected chi connectivity index (χ2v) is 7.24. The van der Waals surface area contributed by atoms with Gasteiger partial charge in [0.1, 0.15) is 17.8 Å². The van der Waals surface area contributed by atoms with Gasteiger partial charge in [-0.15, -0.1) is 0 Å². The molecule has 1 aromatic carbocycles. The number of amides is 1. The SMILES string of the molecule is CC1NCc2ncnc(Oc3ccc4c(ccn4C(=O)Nc4cc(C(F)(F)F)[nH]n4)c3)c21.[HH].[HH].[HH]. The molecule has 3 N–H and O–H groups in total. The first-order chi connectivity index (χ1) is 15.3. The van der Waals surface area contributed by atoms with Crippen molar-refractivity contribution in [2.24, 2.45) is 0 Å². The minimum atomic E-state index is -4.58. The number of carbonyl (C=O) groups excluding carboxylic acids is 1. The molecule has 3 aromatic heterocycles. The Morgan fingerprint density at radius 3 is 2.91 bits per heavy atom. The number of aromatic amines is 1. The van der Waals surface area contributed by atoms with Gasteiger partial charge in [0.2, 0.25) is 5.88 Å². The largest absolute Gasteiger partial charge is 0.439 e. The first-order valence-electron chi connectivity index (χ1n) is 9.59. The smallest absolute Gasteiger partial charge is 0.432 e. The van der Waals surface area contributed by atoms with Crippen molar-refractivity contribution in [3.05, 3.63) is 59.8 Å². The Balaban J connectivity index is 0.00000144. The van der Waals surface area contributed by atoms with E-state index >= 15 is 0 Å². The number of ether oxygens (including phenoxy) is 1. The maximum atomic E-state index is 12.7. The first kappa shape index (κ1) is 20.0. The average Bonchev–Trinajstić information content (AvgIpc) is 3.46. The van der Waals surface area contributed by atoms with E-state index in [9.17, 15) is 18.0 Å². The van der Waals surface area contributed by atoms with Crippen molar-refractivity contribution in [3.8, 4) is 11.6 Å². The van der Waals surface area contributed by atoms with Gasteiger partial charge in [-0.25, -0.2) is 14.8 Å². The summed E-state index contributed by atoms with van der Waals surface area (Å²) in [6, 6.07) is 6.95. The number of halogens is 3. The third-order valence-corrected chi connectivity index (χ3v) is 5.15. The lowest BCUT2D eigenvalue weighted by Gasteiger charge is -2.11. The molecule has 0 fully saturated rings. The summed E-state index contributed by atoms with van der Waals surface area (Å²) in [7, 11) is 0. The van der Waals surface area contributed by atoms with Crippen molar-refractivity contribution in [1.29, 1.82) is 0 Å². The normalized spacial score (nSPS) is 15.7. The molecule has 32 heavy (non-hydrogen) atoms. The molecule has 0 aliphatic carbocycles. The van der Waals surface area contributed by atoms with E-state index in [0.29, 0.717) is 29.1 Å². The summed E-state index contributed by atoms with van der Waals surface area (Å²) in [6.07, 6.45) is -1.62. The van der Waals surface area contributed by atoms with Crippen molar-refractivity contribution in [1.82, 2.24) is 30.0 Å².